The van der Waals surface area contributed by atoms with E-state index < -0.39 is 0 Å². The third-order valence-corrected chi connectivity index (χ3v) is 2.94. The van der Waals surface area contributed by atoms with Crippen molar-refractivity contribution in [3.8, 4) is 0 Å². The Balaban J connectivity index is 2.03. The zero-order valence-electron chi connectivity index (χ0n) is 9.02. The number of aromatic nitrogens is 2. The Labute approximate surface area is 89.1 Å². The molecule has 84 valence electrons. The van der Waals surface area contributed by atoms with Crippen molar-refractivity contribution in [2.45, 2.75) is 32.3 Å². The van der Waals surface area contributed by atoms with Crippen LogP contribution in [-0.4, -0.2) is 39.8 Å². The molecule has 0 aliphatic carbocycles. The van der Waals surface area contributed by atoms with E-state index in [1.165, 1.54) is 6.42 Å². The summed E-state index contributed by atoms with van der Waals surface area (Å²) in [5, 5.41) is 12.7. The highest BCUT2D eigenvalue weighted by atomic mass is 16.5. The number of hydrogen-bond donors (Lipinski definition) is 1. The monoisotopic (exact) mass is 211 g/mol. The van der Waals surface area contributed by atoms with E-state index in [0.717, 1.165) is 31.9 Å². The minimum atomic E-state index is -0.169. The topological polar surface area (TPSA) is 62.4 Å². The highest BCUT2D eigenvalue weighted by Crippen LogP contribution is 2.24. The molecule has 1 atom stereocenters. The van der Waals surface area contributed by atoms with Crippen LogP contribution in [0.2, 0.25) is 0 Å². The number of likely N-dealkylation sites (N-methyl/N-ethyl adjacent to an activating group) is 1. The molecule has 2 rings (SSSR count). The number of hydrogen-bond acceptors (Lipinski definition) is 5. The lowest BCUT2D eigenvalue weighted by Crippen LogP contribution is -2.34. The molecule has 1 saturated heterocycles. The number of likely N-dealkylation sites (tertiary alicyclic amines) is 1. The van der Waals surface area contributed by atoms with Crippen molar-refractivity contribution in [1.82, 2.24) is 15.0 Å². The third-order valence-electron chi connectivity index (χ3n) is 2.94. The molecule has 0 radical (unpaired) electrons. The summed E-state index contributed by atoms with van der Waals surface area (Å²) in [5.74, 6) is 1.43. The smallest absolute Gasteiger partial charge is 0.252 e. The van der Waals surface area contributed by atoms with Gasteiger partial charge in [0.15, 0.2) is 5.82 Å². The van der Waals surface area contributed by atoms with Gasteiger partial charge in [0.05, 0.1) is 0 Å². The summed E-state index contributed by atoms with van der Waals surface area (Å²) in [4.78, 5) is 6.56. The van der Waals surface area contributed by atoms with Crippen LogP contribution >= 0.6 is 0 Å². The highest BCUT2D eigenvalue weighted by Gasteiger charge is 2.24. The Morgan fingerprint density at radius 1 is 1.60 bits per heavy atom. The molecule has 5 nitrogen and oxygen atoms in total. The third kappa shape index (κ3) is 2.35. The molecule has 1 aromatic rings. The first-order valence-electron chi connectivity index (χ1n) is 5.49. The molecule has 1 fully saturated rings. The first-order chi connectivity index (χ1) is 7.33. The fourth-order valence-electron chi connectivity index (χ4n) is 2.05. The summed E-state index contributed by atoms with van der Waals surface area (Å²) in [6.07, 6.45) is 2.29. The van der Waals surface area contributed by atoms with Crippen LogP contribution in [0.15, 0.2) is 4.52 Å². The van der Waals surface area contributed by atoms with E-state index in [0.29, 0.717) is 11.8 Å². The van der Waals surface area contributed by atoms with Crippen molar-refractivity contribution in [1.29, 1.82) is 0 Å². The van der Waals surface area contributed by atoms with Crippen LogP contribution in [0.4, 0.5) is 0 Å². The van der Waals surface area contributed by atoms with Crippen molar-refractivity contribution in [2.75, 3.05) is 19.6 Å². The molecule has 15 heavy (non-hydrogen) atoms. The second-order valence-corrected chi connectivity index (χ2v) is 3.94. The van der Waals surface area contributed by atoms with E-state index in [-0.39, 0.29) is 6.61 Å². The summed E-state index contributed by atoms with van der Waals surface area (Å²) in [5.41, 5.74) is 0. The molecule has 0 spiro atoms. The normalized spacial score (nSPS) is 23.2. The van der Waals surface area contributed by atoms with Gasteiger partial charge in [0.25, 0.3) is 5.89 Å². The largest absolute Gasteiger partial charge is 0.387 e. The molecule has 1 aromatic heterocycles. The Morgan fingerprint density at radius 2 is 2.47 bits per heavy atom. The Hall–Kier alpha value is -0.940. The second kappa shape index (κ2) is 4.72. The van der Waals surface area contributed by atoms with Gasteiger partial charge in [0.1, 0.15) is 6.61 Å². The summed E-state index contributed by atoms with van der Waals surface area (Å²) in [6.45, 7) is 5.23. The maximum atomic E-state index is 8.84. The molecule has 0 bridgehead atoms. The maximum Gasteiger partial charge on any atom is 0.252 e. The fraction of sp³-hybridized carbons (Fsp3) is 0.800. The van der Waals surface area contributed by atoms with Gasteiger partial charge in [-0.05, 0) is 25.9 Å². The second-order valence-electron chi connectivity index (χ2n) is 3.94. The summed E-state index contributed by atoms with van der Waals surface area (Å²) in [7, 11) is 0. The number of aliphatic hydroxyl groups is 1. The van der Waals surface area contributed by atoms with Gasteiger partial charge in [-0.2, -0.15) is 4.98 Å². The van der Waals surface area contributed by atoms with Gasteiger partial charge >= 0.3 is 0 Å². The van der Waals surface area contributed by atoms with Crippen LogP contribution in [0.1, 0.15) is 37.4 Å². The van der Waals surface area contributed by atoms with Crippen LogP contribution in [0.5, 0.6) is 0 Å². The standard InChI is InChI=1S/C10H17N3O2/c1-2-13-5-3-4-8(6-13)10-11-9(7-14)15-12-10/h8,14H,2-7H2,1H3. The fourth-order valence-corrected chi connectivity index (χ4v) is 2.05. The van der Waals surface area contributed by atoms with Gasteiger partial charge in [-0.25, -0.2) is 0 Å². The van der Waals surface area contributed by atoms with E-state index in [1.807, 2.05) is 0 Å². The van der Waals surface area contributed by atoms with Gasteiger partial charge in [0, 0.05) is 12.5 Å². The van der Waals surface area contributed by atoms with Crippen LogP contribution in [-0.2, 0) is 6.61 Å². The molecule has 1 N–H and O–H groups in total. The van der Waals surface area contributed by atoms with Crippen LogP contribution in [0.3, 0.4) is 0 Å². The SMILES string of the molecule is CCN1CCCC(c2noc(CO)n2)C1. The first kappa shape index (κ1) is 10.6. The van der Waals surface area contributed by atoms with Crippen molar-refractivity contribution in [2.24, 2.45) is 0 Å². The zero-order valence-corrected chi connectivity index (χ0v) is 9.02. The van der Waals surface area contributed by atoms with Gasteiger partial charge < -0.3 is 14.5 Å². The minimum Gasteiger partial charge on any atom is -0.387 e. The number of piperidine rings is 1. The average Bonchev–Trinajstić information content (AvgIpc) is 2.78. The number of rotatable bonds is 3. The Bertz CT molecular complexity index is 313. The van der Waals surface area contributed by atoms with E-state index in [2.05, 4.69) is 22.0 Å². The summed E-state index contributed by atoms with van der Waals surface area (Å²) < 4.78 is 4.91. The van der Waals surface area contributed by atoms with Crippen LogP contribution in [0, 0.1) is 0 Å². The van der Waals surface area contributed by atoms with Crippen molar-refractivity contribution in [3.63, 3.8) is 0 Å². The van der Waals surface area contributed by atoms with Crippen LogP contribution in [0.25, 0.3) is 0 Å². The average molecular weight is 211 g/mol. The minimum absolute atomic E-state index is 0.169. The quantitative estimate of drug-likeness (QED) is 0.799. The van der Waals surface area contributed by atoms with E-state index in [4.69, 9.17) is 9.63 Å². The molecule has 0 saturated carbocycles. The molecule has 2 heterocycles. The Kier molecular flexibility index (Phi) is 3.33. The highest BCUT2D eigenvalue weighted by molar-refractivity contribution is 4.98. The lowest BCUT2D eigenvalue weighted by molar-refractivity contribution is 0.209. The zero-order chi connectivity index (χ0) is 10.7. The summed E-state index contributed by atoms with van der Waals surface area (Å²) >= 11 is 0. The molecule has 1 aliphatic heterocycles. The first-order valence-corrected chi connectivity index (χ1v) is 5.49. The summed E-state index contributed by atoms with van der Waals surface area (Å²) in [6, 6.07) is 0. The van der Waals surface area contributed by atoms with Gasteiger partial charge in [-0.3, -0.25) is 0 Å². The molecular weight excluding hydrogens is 194 g/mol. The van der Waals surface area contributed by atoms with Crippen molar-refractivity contribution < 1.29 is 9.63 Å². The number of aliphatic hydroxyl groups excluding tert-OH is 1. The maximum absolute atomic E-state index is 8.84. The van der Waals surface area contributed by atoms with Crippen molar-refractivity contribution in [3.05, 3.63) is 11.7 Å². The Morgan fingerprint density at radius 3 is 3.13 bits per heavy atom. The molecular formula is C10H17N3O2. The predicted octanol–water partition coefficient (Wildman–Crippen LogP) is 0.761. The molecule has 5 heteroatoms. The van der Waals surface area contributed by atoms with Gasteiger partial charge in [-0.1, -0.05) is 12.1 Å². The molecule has 1 unspecified atom stereocenters. The van der Waals surface area contributed by atoms with Crippen LogP contribution < -0.4 is 0 Å². The van der Waals surface area contributed by atoms with Gasteiger partial charge in [0.2, 0.25) is 0 Å². The molecule has 0 amide bonds. The number of nitrogens with zero attached hydrogens (tertiary/aromatic N) is 3. The van der Waals surface area contributed by atoms with Crippen molar-refractivity contribution >= 4 is 0 Å². The van der Waals surface area contributed by atoms with Gasteiger partial charge in [-0.15, -0.1) is 0 Å². The van der Waals surface area contributed by atoms with E-state index >= 15 is 0 Å². The van der Waals surface area contributed by atoms with E-state index in [1.54, 1.807) is 0 Å². The molecule has 0 aromatic carbocycles. The predicted molar refractivity (Wildman–Crippen MR) is 54.3 cm³/mol. The lowest BCUT2D eigenvalue weighted by Gasteiger charge is -2.29. The lowest BCUT2D eigenvalue weighted by atomic mass is 9.97. The molecule has 1 aliphatic rings. The van der Waals surface area contributed by atoms with E-state index in [9.17, 15) is 0 Å².